The maximum atomic E-state index is 11.1. The van der Waals surface area contributed by atoms with E-state index in [1.165, 1.54) is 7.11 Å². The third-order valence-corrected chi connectivity index (χ3v) is 2.80. The van der Waals surface area contributed by atoms with E-state index in [0.29, 0.717) is 0 Å². The highest BCUT2D eigenvalue weighted by atomic mass is 32.2. The highest BCUT2D eigenvalue weighted by molar-refractivity contribution is 7.99. The van der Waals surface area contributed by atoms with Crippen LogP contribution in [0, 0.1) is 0 Å². The maximum absolute atomic E-state index is 11.1. The summed E-state index contributed by atoms with van der Waals surface area (Å²) in [5.41, 5.74) is 0. The molecule has 0 aromatic carbocycles. The molecule has 0 aromatic heterocycles. The molecule has 1 atom stereocenters. The molecule has 0 amide bonds. The van der Waals surface area contributed by atoms with Crippen LogP contribution in [0.15, 0.2) is 0 Å². The van der Waals surface area contributed by atoms with Gasteiger partial charge in [0, 0.05) is 12.9 Å². The Labute approximate surface area is 89.7 Å². The van der Waals surface area contributed by atoms with E-state index in [0.717, 1.165) is 24.5 Å². The molecule has 0 rings (SSSR count). The number of methoxy groups -OCH3 is 2. The molecular formula is C9H19NO3S. The quantitative estimate of drug-likeness (QED) is 0.478. The Balaban J connectivity index is 3.48. The number of rotatable bonds is 8. The average molecular weight is 221 g/mol. The first-order chi connectivity index (χ1) is 6.76. The van der Waals surface area contributed by atoms with Gasteiger partial charge in [0.05, 0.1) is 13.7 Å². The van der Waals surface area contributed by atoms with Crippen LogP contribution < -0.4 is 5.32 Å². The Morgan fingerprint density at radius 3 is 2.64 bits per heavy atom. The van der Waals surface area contributed by atoms with Crippen molar-refractivity contribution in [2.75, 3.05) is 39.4 Å². The Hall–Kier alpha value is -0.260. The van der Waals surface area contributed by atoms with Crippen LogP contribution in [-0.2, 0) is 14.3 Å². The molecule has 84 valence electrons. The van der Waals surface area contributed by atoms with Crippen LogP contribution in [0.2, 0.25) is 0 Å². The fourth-order valence-electron chi connectivity index (χ4n) is 0.968. The lowest BCUT2D eigenvalue weighted by Crippen LogP contribution is -2.35. The second-order valence-corrected chi connectivity index (χ2v) is 3.98. The fourth-order valence-corrected chi connectivity index (χ4v) is 1.86. The molecular weight excluding hydrogens is 202 g/mol. The van der Waals surface area contributed by atoms with E-state index in [4.69, 9.17) is 4.74 Å². The Morgan fingerprint density at radius 2 is 2.14 bits per heavy atom. The van der Waals surface area contributed by atoms with Gasteiger partial charge in [-0.15, -0.1) is 0 Å². The summed E-state index contributed by atoms with van der Waals surface area (Å²) in [5.74, 6) is 1.71. The zero-order valence-electron chi connectivity index (χ0n) is 9.04. The molecule has 0 heterocycles. The molecule has 1 N–H and O–H groups in total. The number of hydrogen-bond acceptors (Lipinski definition) is 5. The van der Waals surface area contributed by atoms with Gasteiger partial charge in [0.15, 0.2) is 0 Å². The van der Waals surface area contributed by atoms with E-state index in [9.17, 15) is 4.79 Å². The van der Waals surface area contributed by atoms with E-state index in [1.54, 1.807) is 25.9 Å². The monoisotopic (exact) mass is 221 g/mol. The summed E-state index contributed by atoms with van der Waals surface area (Å²) >= 11 is 1.78. The molecule has 0 spiro atoms. The van der Waals surface area contributed by atoms with Crippen LogP contribution in [-0.4, -0.2) is 51.4 Å². The van der Waals surface area contributed by atoms with Gasteiger partial charge in [0.2, 0.25) is 0 Å². The average Bonchev–Trinajstić information content (AvgIpc) is 2.22. The van der Waals surface area contributed by atoms with Crippen LogP contribution >= 0.6 is 11.8 Å². The number of ether oxygens (including phenoxy) is 2. The molecule has 4 nitrogen and oxygen atoms in total. The van der Waals surface area contributed by atoms with Crippen molar-refractivity contribution >= 4 is 17.7 Å². The van der Waals surface area contributed by atoms with Gasteiger partial charge < -0.3 is 14.8 Å². The summed E-state index contributed by atoms with van der Waals surface area (Å²) in [6.07, 6.45) is 0.789. The van der Waals surface area contributed by atoms with Crippen molar-refractivity contribution in [3.8, 4) is 0 Å². The van der Waals surface area contributed by atoms with Crippen molar-refractivity contribution in [1.29, 1.82) is 0 Å². The van der Waals surface area contributed by atoms with Crippen LogP contribution in [0.25, 0.3) is 0 Å². The van der Waals surface area contributed by atoms with Crippen molar-refractivity contribution in [2.45, 2.75) is 12.5 Å². The summed E-state index contributed by atoms with van der Waals surface area (Å²) in [7, 11) is 4.86. The number of carbonyl (C=O) groups excluding carboxylic acids is 1. The highest BCUT2D eigenvalue weighted by Crippen LogP contribution is 2.05. The number of esters is 1. The number of hydrogen-bond donors (Lipinski definition) is 1. The summed E-state index contributed by atoms with van der Waals surface area (Å²) < 4.78 is 9.56. The van der Waals surface area contributed by atoms with E-state index in [2.05, 4.69) is 10.1 Å². The predicted octanol–water partition coefficient (Wildman–Crippen LogP) is 0.517. The standard InChI is InChI=1S/C9H19NO3S/c1-10-8(9(11)13-3)4-6-14-7-5-12-2/h8,10H,4-7H2,1-3H3. The molecule has 0 bridgehead atoms. The molecule has 0 aliphatic rings. The number of thioether (sulfide) groups is 1. The fraction of sp³-hybridized carbons (Fsp3) is 0.889. The molecule has 5 heteroatoms. The first-order valence-corrected chi connectivity index (χ1v) is 5.73. The largest absolute Gasteiger partial charge is 0.468 e. The minimum Gasteiger partial charge on any atom is -0.468 e. The molecule has 0 radical (unpaired) electrons. The summed E-state index contributed by atoms with van der Waals surface area (Å²) in [4.78, 5) is 11.1. The van der Waals surface area contributed by atoms with Gasteiger partial charge in [0.1, 0.15) is 6.04 Å². The molecule has 0 aliphatic heterocycles. The molecule has 0 saturated carbocycles. The minimum atomic E-state index is -0.195. The van der Waals surface area contributed by atoms with Crippen molar-refractivity contribution in [2.24, 2.45) is 0 Å². The lowest BCUT2D eigenvalue weighted by molar-refractivity contribution is -0.143. The minimum absolute atomic E-state index is 0.185. The third-order valence-electron chi connectivity index (χ3n) is 1.82. The van der Waals surface area contributed by atoms with Crippen LogP contribution in [0.4, 0.5) is 0 Å². The van der Waals surface area contributed by atoms with Gasteiger partial charge >= 0.3 is 5.97 Å². The summed E-state index contributed by atoms with van der Waals surface area (Å²) in [5, 5.41) is 2.92. The molecule has 0 aliphatic carbocycles. The first-order valence-electron chi connectivity index (χ1n) is 4.58. The Morgan fingerprint density at radius 1 is 1.43 bits per heavy atom. The number of nitrogens with one attached hydrogen (secondary N) is 1. The van der Waals surface area contributed by atoms with E-state index in [1.807, 2.05) is 0 Å². The van der Waals surface area contributed by atoms with Crippen molar-refractivity contribution in [3.63, 3.8) is 0 Å². The lowest BCUT2D eigenvalue weighted by atomic mass is 10.2. The van der Waals surface area contributed by atoms with Gasteiger partial charge in [-0.1, -0.05) is 0 Å². The van der Waals surface area contributed by atoms with Crippen LogP contribution in [0.5, 0.6) is 0 Å². The van der Waals surface area contributed by atoms with Gasteiger partial charge in [-0.25, -0.2) is 0 Å². The topological polar surface area (TPSA) is 47.6 Å². The maximum Gasteiger partial charge on any atom is 0.322 e. The number of likely N-dealkylation sites (N-methyl/N-ethyl adjacent to an activating group) is 1. The molecule has 0 fully saturated rings. The smallest absolute Gasteiger partial charge is 0.322 e. The Kier molecular flexibility index (Phi) is 9.13. The normalized spacial score (nSPS) is 12.5. The summed E-state index contributed by atoms with van der Waals surface area (Å²) in [6, 6.07) is -0.185. The zero-order valence-corrected chi connectivity index (χ0v) is 9.86. The summed E-state index contributed by atoms with van der Waals surface area (Å²) in [6.45, 7) is 0.757. The van der Waals surface area contributed by atoms with Gasteiger partial charge in [-0.2, -0.15) is 11.8 Å². The second kappa shape index (κ2) is 9.30. The molecule has 0 aromatic rings. The van der Waals surface area contributed by atoms with E-state index < -0.39 is 0 Å². The third kappa shape index (κ3) is 6.23. The zero-order chi connectivity index (χ0) is 10.8. The van der Waals surface area contributed by atoms with E-state index in [-0.39, 0.29) is 12.0 Å². The van der Waals surface area contributed by atoms with Crippen molar-refractivity contribution in [1.82, 2.24) is 5.32 Å². The first kappa shape index (κ1) is 13.7. The predicted molar refractivity (Wildman–Crippen MR) is 58.7 cm³/mol. The van der Waals surface area contributed by atoms with Gasteiger partial charge in [-0.3, -0.25) is 4.79 Å². The van der Waals surface area contributed by atoms with Gasteiger partial charge in [-0.05, 0) is 19.2 Å². The SMILES string of the molecule is CNC(CCSCCOC)C(=O)OC. The lowest BCUT2D eigenvalue weighted by Gasteiger charge is -2.12. The van der Waals surface area contributed by atoms with Crippen LogP contribution in [0.1, 0.15) is 6.42 Å². The van der Waals surface area contributed by atoms with E-state index >= 15 is 0 Å². The van der Waals surface area contributed by atoms with Crippen LogP contribution in [0.3, 0.4) is 0 Å². The highest BCUT2D eigenvalue weighted by Gasteiger charge is 2.15. The Bertz CT molecular complexity index is 155. The van der Waals surface area contributed by atoms with Crippen molar-refractivity contribution < 1.29 is 14.3 Å². The molecule has 1 unspecified atom stereocenters. The van der Waals surface area contributed by atoms with Gasteiger partial charge in [0.25, 0.3) is 0 Å². The second-order valence-electron chi connectivity index (χ2n) is 2.76. The molecule has 0 saturated heterocycles. The number of carbonyl (C=O) groups is 1. The molecule has 14 heavy (non-hydrogen) atoms. The van der Waals surface area contributed by atoms with Crippen molar-refractivity contribution in [3.05, 3.63) is 0 Å².